The highest BCUT2D eigenvalue weighted by molar-refractivity contribution is 5.96. The van der Waals surface area contributed by atoms with E-state index < -0.39 is 0 Å². The molecule has 1 amide bonds. The van der Waals surface area contributed by atoms with E-state index in [-0.39, 0.29) is 12.0 Å². The maximum atomic E-state index is 11.8. The number of rotatable bonds is 3. The normalized spacial score (nSPS) is 10.2. The minimum atomic E-state index is -0.0671. The molecule has 3 nitrogen and oxygen atoms in total. The van der Waals surface area contributed by atoms with E-state index >= 15 is 0 Å². The summed E-state index contributed by atoms with van der Waals surface area (Å²) >= 11 is 0. The van der Waals surface area contributed by atoms with E-state index in [1.54, 1.807) is 32.3 Å². The Hall–Kier alpha value is -1.51. The first-order chi connectivity index (χ1) is 7.02. The minimum Gasteiger partial charge on any atom is -0.490 e. The summed E-state index contributed by atoms with van der Waals surface area (Å²) in [5, 5.41) is 0. The highest BCUT2D eigenvalue weighted by Gasteiger charge is 2.14. The van der Waals surface area contributed by atoms with Gasteiger partial charge in [0, 0.05) is 20.2 Å². The molecule has 0 saturated heterocycles. The summed E-state index contributed by atoms with van der Waals surface area (Å²) in [5.74, 6) is 0.453. The van der Waals surface area contributed by atoms with E-state index in [0.717, 1.165) is 0 Å². The van der Waals surface area contributed by atoms with Gasteiger partial charge in [-0.25, -0.2) is 0 Å². The molecule has 1 aromatic carbocycles. The largest absolute Gasteiger partial charge is 0.490 e. The second kappa shape index (κ2) is 4.82. The lowest BCUT2D eigenvalue weighted by Gasteiger charge is -2.16. The predicted octanol–water partition coefficient (Wildman–Crippen LogP) is 1.98. The van der Waals surface area contributed by atoms with E-state index in [0.29, 0.717) is 11.3 Å². The van der Waals surface area contributed by atoms with Crippen molar-refractivity contribution in [1.29, 1.82) is 0 Å². The van der Waals surface area contributed by atoms with Crippen LogP contribution in [0.25, 0.3) is 0 Å². The van der Waals surface area contributed by atoms with Gasteiger partial charge in [0.25, 0.3) is 5.91 Å². The molecule has 1 rings (SSSR count). The van der Waals surface area contributed by atoms with E-state index in [1.165, 1.54) is 4.90 Å². The van der Waals surface area contributed by atoms with Crippen molar-refractivity contribution in [2.24, 2.45) is 0 Å². The Morgan fingerprint density at radius 2 is 2.13 bits per heavy atom. The number of para-hydroxylation sites is 1. The van der Waals surface area contributed by atoms with Crippen LogP contribution in [-0.2, 0) is 0 Å². The Morgan fingerprint density at radius 3 is 2.67 bits per heavy atom. The first-order valence-electron chi connectivity index (χ1n) is 4.91. The quantitative estimate of drug-likeness (QED) is 0.756. The van der Waals surface area contributed by atoms with E-state index in [1.807, 2.05) is 13.8 Å². The third-order valence-corrected chi connectivity index (χ3v) is 1.81. The van der Waals surface area contributed by atoms with E-state index in [9.17, 15) is 4.79 Å². The molecule has 0 aliphatic carbocycles. The lowest BCUT2D eigenvalue weighted by atomic mass is 10.2. The topological polar surface area (TPSA) is 29.5 Å². The first-order valence-corrected chi connectivity index (χ1v) is 4.91. The van der Waals surface area contributed by atoms with Gasteiger partial charge < -0.3 is 9.64 Å². The van der Waals surface area contributed by atoms with Crippen molar-refractivity contribution < 1.29 is 9.53 Å². The average Bonchev–Trinajstić information content (AvgIpc) is 2.16. The third kappa shape index (κ3) is 2.98. The van der Waals surface area contributed by atoms with Crippen LogP contribution in [0.3, 0.4) is 0 Å². The van der Waals surface area contributed by atoms with Gasteiger partial charge in [0.1, 0.15) is 5.75 Å². The number of benzene rings is 1. The molecule has 0 atom stereocenters. The Labute approximate surface area is 90.7 Å². The fourth-order valence-corrected chi connectivity index (χ4v) is 1.16. The van der Waals surface area contributed by atoms with Crippen LogP contribution in [0.15, 0.2) is 18.2 Å². The molecule has 1 aromatic rings. The highest BCUT2D eigenvalue weighted by atomic mass is 16.5. The van der Waals surface area contributed by atoms with Crippen LogP contribution in [0.4, 0.5) is 0 Å². The summed E-state index contributed by atoms with van der Waals surface area (Å²) in [4.78, 5) is 13.3. The Bertz CT molecular complexity index is 345. The number of amides is 1. The van der Waals surface area contributed by atoms with Crippen LogP contribution >= 0.6 is 0 Å². The number of hydrogen-bond acceptors (Lipinski definition) is 2. The molecule has 3 heteroatoms. The van der Waals surface area contributed by atoms with Crippen molar-refractivity contribution >= 4 is 5.91 Å². The Kier molecular flexibility index (Phi) is 3.72. The molecule has 0 aliphatic rings. The summed E-state index contributed by atoms with van der Waals surface area (Å²) in [6.07, 6.45) is 0.0392. The standard InChI is InChI=1S/C12H16NO2/c1-9(2)15-11-8-6-5-7-10(11)12(14)13(3)4/h5-7,9H,1-4H3. The zero-order valence-corrected chi connectivity index (χ0v) is 9.57. The SMILES string of the molecule is CC(C)Oc1[c]cccc1C(=O)N(C)C. The number of carbonyl (C=O) groups is 1. The zero-order chi connectivity index (χ0) is 11.4. The molecule has 15 heavy (non-hydrogen) atoms. The van der Waals surface area contributed by atoms with Crippen LogP contribution in [0, 0.1) is 6.07 Å². The van der Waals surface area contributed by atoms with Gasteiger partial charge in [0.15, 0.2) is 0 Å². The average molecular weight is 206 g/mol. The molecular formula is C12H16NO2. The Balaban J connectivity index is 3.01. The highest BCUT2D eigenvalue weighted by Crippen LogP contribution is 2.19. The van der Waals surface area contributed by atoms with Gasteiger partial charge in [-0.15, -0.1) is 0 Å². The van der Waals surface area contributed by atoms with Crippen LogP contribution in [0.1, 0.15) is 24.2 Å². The molecule has 0 aromatic heterocycles. The second-order valence-electron chi connectivity index (χ2n) is 3.78. The number of ether oxygens (including phenoxy) is 1. The summed E-state index contributed by atoms with van der Waals surface area (Å²) < 4.78 is 5.51. The van der Waals surface area contributed by atoms with Gasteiger partial charge in [0.2, 0.25) is 0 Å². The van der Waals surface area contributed by atoms with Crippen molar-refractivity contribution in [3.8, 4) is 5.75 Å². The molecule has 0 saturated carbocycles. The first kappa shape index (κ1) is 11.6. The molecule has 0 spiro atoms. The van der Waals surface area contributed by atoms with Crippen molar-refractivity contribution in [3.05, 3.63) is 29.8 Å². The second-order valence-corrected chi connectivity index (χ2v) is 3.78. The van der Waals surface area contributed by atoms with Crippen molar-refractivity contribution in [3.63, 3.8) is 0 Å². The summed E-state index contributed by atoms with van der Waals surface area (Å²) in [6, 6.07) is 8.20. The maximum Gasteiger partial charge on any atom is 0.257 e. The lowest BCUT2D eigenvalue weighted by Crippen LogP contribution is -2.23. The van der Waals surface area contributed by atoms with Gasteiger partial charge >= 0.3 is 0 Å². The van der Waals surface area contributed by atoms with Crippen molar-refractivity contribution in [1.82, 2.24) is 4.90 Å². The summed E-state index contributed by atoms with van der Waals surface area (Å²) in [7, 11) is 3.43. The van der Waals surface area contributed by atoms with Gasteiger partial charge in [0.05, 0.1) is 11.7 Å². The fraction of sp³-hybridized carbons (Fsp3) is 0.417. The van der Waals surface area contributed by atoms with Gasteiger partial charge in [-0.2, -0.15) is 0 Å². The molecule has 1 radical (unpaired) electrons. The van der Waals surface area contributed by atoms with Crippen LogP contribution in [0.5, 0.6) is 5.75 Å². The maximum absolute atomic E-state index is 11.8. The van der Waals surface area contributed by atoms with Crippen LogP contribution < -0.4 is 4.74 Å². The molecule has 0 heterocycles. The van der Waals surface area contributed by atoms with Crippen LogP contribution in [-0.4, -0.2) is 31.0 Å². The molecule has 0 N–H and O–H groups in total. The summed E-state index contributed by atoms with van der Waals surface area (Å²) in [5.41, 5.74) is 0.552. The minimum absolute atomic E-state index is 0.0392. The van der Waals surface area contributed by atoms with E-state index in [4.69, 9.17) is 4.74 Å². The molecular weight excluding hydrogens is 190 g/mol. The molecule has 81 valence electrons. The number of nitrogens with zero attached hydrogens (tertiary/aromatic N) is 1. The van der Waals surface area contributed by atoms with Gasteiger partial charge in [-0.05, 0) is 19.9 Å². The fourth-order valence-electron chi connectivity index (χ4n) is 1.16. The van der Waals surface area contributed by atoms with Gasteiger partial charge in [-0.1, -0.05) is 12.1 Å². The predicted molar refractivity (Wildman–Crippen MR) is 59.1 cm³/mol. The molecule has 0 unspecified atom stereocenters. The Morgan fingerprint density at radius 1 is 1.47 bits per heavy atom. The van der Waals surface area contributed by atoms with E-state index in [2.05, 4.69) is 6.07 Å². The third-order valence-electron chi connectivity index (χ3n) is 1.81. The summed E-state index contributed by atoms with van der Waals surface area (Å²) in [6.45, 7) is 3.84. The lowest BCUT2D eigenvalue weighted by molar-refractivity contribution is 0.0821. The smallest absolute Gasteiger partial charge is 0.257 e. The number of hydrogen-bond donors (Lipinski definition) is 0. The molecule has 0 aliphatic heterocycles. The van der Waals surface area contributed by atoms with Gasteiger partial charge in [-0.3, -0.25) is 4.79 Å². The monoisotopic (exact) mass is 206 g/mol. The molecule has 0 fully saturated rings. The zero-order valence-electron chi connectivity index (χ0n) is 9.57. The van der Waals surface area contributed by atoms with Crippen molar-refractivity contribution in [2.45, 2.75) is 20.0 Å². The molecule has 0 bridgehead atoms. The number of carbonyl (C=O) groups excluding carboxylic acids is 1. The van der Waals surface area contributed by atoms with Crippen LogP contribution in [0.2, 0.25) is 0 Å². The van der Waals surface area contributed by atoms with Crippen molar-refractivity contribution in [2.75, 3.05) is 14.1 Å².